The normalized spacial score (nSPS) is 20.1. The van der Waals surface area contributed by atoms with Crippen LogP contribution in [0.5, 0.6) is 0 Å². The van der Waals surface area contributed by atoms with Crippen molar-refractivity contribution < 1.29 is 8.42 Å². The molecule has 19 heavy (non-hydrogen) atoms. The molecular formula is C12H22N4O2S. The third-order valence-corrected chi connectivity index (χ3v) is 5.26. The standard InChI is InChI=1S/C12H22N4O2S/c1-10-14-8-11(15-10)19(17,18)16-12(9-13)6-4-2-3-5-7-12/h8,16H,2-7,9,13H2,1H3,(H,14,15). The van der Waals surface area contributed by atoms with Crippen LogP contribution in [0.3, 0.4) is 0 Å². The zero-order valence-corrected chi connectivity index (χ0v) is 12.1. The predicted molar refractivity (Wildman–Crippen MR) is 73.1 cm³/mol. The number of rotatable bonds is 4. The zero-order chi connectivity index (χ0) is 13.9. The van der Waals surface area contributed by atoms with Crippen LogP contribution < -0.4 is 10.5 Å². The average molecular weight is 286 g/mol. The second-order valence-corrected chi connectivity index (χ2v) is 6.99. The summed E-state index contributed by atoms with van der Waals surface area (Å²) in [6.07, 6.45) is 7.27. The van der Waals surface area contributed by atoms with Gasteiger partial charge in [-0.25, -0.2) is 18.1 Å². The van der Waals surface area contributed by atoms with Crippen molar-refractivity contribution in [3.05, 3.63) is 12.0 Å². The van der Waals surface area contributed by atoms with Crippen molar-refractivity contribution in [2.45, 2.75) is 56.0 Å². The molecule has 2 rings (SSSR count). The number of nitrogens with two attached hydrogens (primary N) is 1. The fraction of sp³-hybridized carbons (Fsp3) is 0.750. The lowest BCUT2D eigenvalue weighted by molar-refractivity contribution is 0.342. The van der Waals surface area contributed by atoms with Crippen molar-refractivity contribution in [1.82, 2.24) is 14.7 Å². The van der Waals surface area contributed by atoms with Crippen LogP contribution in [0.2, 0.25) is 0 Å². The highest BCUT2D eigenvalue weighted by Gasteiger charge is 2.35. The largest absolute Gasteiger partial charge is 0.332 e. The Morgan fingerprint density at radius 1 is 1.37 bits per heavy atom. The van der Waals surface area contributed by atoms with Gasteiger partial charge in [0.15, 0.2) is 5.03 Å². The first-order valence-electron chi connectivity index (χ1n) is 6.73. The summed E-state index contributed by atoms with van der Waals surface area (Å²) in [4.78, 5) is 6.70. The Balaban J connectivity index is 2.21. The minimum Gasteiger partial charge on any atom is -0.332 e. The van der Waals surface area contributed by atoms with Crippen LogP contribution in [-0.4, -0.2) is 30.5 Å². The lowest BCUT2D eigenvalue weighted by Gasteiger charge is -2.31. The van der Waals surface area contributed by atoms with E-state index in [-0.39, 0.29) is 5.03 Å². The monoisotopic (exact) mass is 286 g/mol. The van der Waals surface area contributed by atoms with Crippen molar-refractivity contribution in [3.8, 4) is 0 Å². The molecule has 108 valence electrons. The molecule has 0 spiro atoms. The summed E-state index contributed by atoms with van der Waals surface area (Å²) in [6.45, 7) is 2.06. The summed E-state index contributed by atoms with van der Waals surface area (Å²) in [6, 6.07) is 0. The van der Waals surface area contributed by atoms with Gasteiger partial charge in [-0.1, -0.05) is 25.7 Å². The first-order chi connectivity index (χ1) is 8.97. The number of H-pyrrole nitrogens is 1. The first kappa shape index (κ1) is 14.5. The molecule has 0 atom stereocenters. The average Bonchev–Trinajstić information content (AvgIpc) is 2.68. The number of aryl methyl sites for hydroxylation is 1. The molecule has 0 aliphatic heterocycles. The SMILES string of the molecule is Cc1ncc(S(=O)(=O)NC2(CN)CCCCCC2)[nH]1. The van der Waals surface area contributed by atoms with Crippen LogP contribution in [0.1, 0.15) is 44.3 Å². The molecule has 1 aromatic rings. The fourth-order valence-corrected chi connectivity index (χ4v) is 4.07. The predicted octanol–water partition coefficient (Wildman–Crippen LogP) is 1.05. The second kappa shape index (κ2) is 5.60. The molecule has 0 bridgehead atoms. The van der Waals surface area contributed by atoms with Gasteiger partial charge in [-0.2, -0.15) is 0 Å². The number of nitrogens with one attached hydrogen (secondary N) is 2. The summed E-state index contributed by atoms with van der Waals surface area (Å²) < 4.78 is 27.5. The van der Waals surface area contributed by atoms with E-state index >= 15 is 0 Å². The van der Waals surface area contributed by atoms with Gasteiger partial charge in [0.1, 0.15) is 5.82 Å². The van der Waals surface area contributed by atoms with Gasteiger partial charge in [0.05, 0.1) is 6.20 Å². The molecule has 1 heterocycles. The molecular weight excluding hydrogens is 264 g/mol. The third-order valence-electron chi connectivity index (χ3n) is 3.77. The van der Waals surface area contributed by atoms with Crippen molar-refractivity contribution in [2.75, 3.05) is 6.54 Å². The Hall–Kier alpha value is -0.920. The van der Waals surface area contributed by atoms with Gasteiger partial charge in [0.2, 0.25) is 0 Å². The van der Waals surface area contributed by atoms with Crippen molar-refractivity contribution in [3.63, 3.8) is 0 Å². The number of aromatic nitrogens is 2. The Labute approximate surface area is 114 Å². The number of aromatic amines is 1. The van der Waals surface area contributed by atoms with E-state index in [4.69, 9.17) is 5.73 Å². The van der Waals surface area contributed by atoms with E-state index in [1.165, 1.54) is 6.20 Å². The summed E-state index contributed by atoms with van der Waals surface area (Å²) in [5.41, 5.74) is 5.34. The maximum absolute atomic E-state index is 12.4. The van der Waals surface area contributed by atoms with Gasteiger partial charge < -0.3 is 10.7 Å². The van der Waals surface area contributed by atoms with Gasteiger partial charge in [0.25, 0.3) is 10.0 Å². The topological polar surface area (TPSA) is 101 Å². The van der Waals surface area contributed by atoms with E-state index in [1.807, 2.05) is 0 Å². The van der Waals surface area contributed by atoms with Crippen molar-refractivity contribution in [1.29, 1.82) is 0 Å². The number of sulfonamides is 1. The van der Waals surface area contributed by atoms with E-state index in [2.05, 4.69) is 14.7 Å². The quantitative estimate of drug-likeness (QED) is 0.720. The van der Waals surface area contributed by atoms with E-state index < -0.39 is 15.6 Å². The van der Waals surface area contributed by atoms with E-state index in [1.54, 1.807) is 6.92 Å². The Bertz CT molecular complexity index is 516. The molecule has 1 aliphatic rings. The number of hydrogen-bond acceptors (Lipinski definition) is 4. The maximum atomic E-state index is 12.4. The van der Waals surface area contributed by atoms with Gasteiger partial charge in [-0.05, 0) is 19.8 Å². The molecule has 0 radical (unpaired) electrons. The molecule has 0 amide bonds. The third kappa shape index (κ3) is 3.34. The minimum absolute atomic E-state index is 0.113. The van der Waals surface area contributed by atoms with E-state index in [0.29, 0.717) is 12.4 Å². The van der Waals surface area contributed by atoms with Crippen molar-refractivity contribution >= 4 is 10.0 Å². The lowest BCUT2D eigenvalue weighted by atomic mass is 9.92. The smallest absolute Gasteiger partial charge is 0.258 e. The van der Waals surface area contributed by atoms with E-state index in [9.17, 15) is 8.42 Å². The summed E-state index contributed by atoms with van der Waals surface area (Å²) in [5.74, 6) is 0.586. The molecule has 7 heteroatoms. The number of imidazole rings is 1. The van der Waals surface area contributed by atoms with Gasteiger partial charge in [-0.15, -0.1) is 0 Å². The highest BCUT2D eigenvalue weighted by atomic mass is 32.2. The van der Waals surface area contributed by atoms with E-state index in [0.717, 1.165) is 38.5 Å². The van der Waals surface area contributed by atoms with Crippen LogP contribution in [0.4, 0.5) is 0 Å². The molecule has 1 fully saturated rings. The van der Waals surface area contributed by atoms with Crippen molar-refractivity contribution in [2.24, 2.45) is 5.73 Å². The van der Waals surface area contributed by atoms with Crippen LogP contribution >= 0.6 is 0 Å². The summed E-state index contributed by atoms with van der Waals surface area (Å²) >= 11 is 0. The Morgan fingerprint density at radius 3 is 2.47 bits per heavy atom. The minimum atomic E-state index is -3.57. The van der Waals surface area contributed by atoms with Gasteiger partial charge in [0, 0.05) is 12.1 Å². The number of hydrogen-bond donors (Lipinski definition) is 3. The zero-order valence-electron chi connectivity index (χ0n) is 11.3. The highest BCUT2D eigenvalue weighted by molar-refractivity contribution is 7.89. The summed E-state index contributed by atoms with van der Waals surface area (Å²) in [7, 11) is -3.57. The Morgan fingerprint density at radius 2 is 2.00 bits per heavy atom. The maximum Gasteiger partial charge on any atom is 0.258 e. The molecule has 6 nitrogen and oxygen atoms in total. The lowest BCUT2D eigenvalue weighted by Crippen LogP contribution is -2.53. The summed E-state index contributed by atoms with van der Waals surface area (Å²) in [5, 5.41) is 0.113. The fourth-order valence-electron chi connectivity index (χ4n) is 2.63. The molecule has 1 saturated carbocycles. The molecule has 0 aromatic carbocycles. The molecule has 1 aliphatic carbocycles. The molecule has 0 saturated heterocycles. The number of nitrogens with zero attached hydrogens (tertiary/aromatic N) is 1. The van der Waals surface area contributed by atoms with Gasteiger partial charge in [-0.3, -0.25) is 0 Å². The Kier molecular flexibility index (Phi) is 4.27. The molecule has 4 N–H and O–H groups in total. The second-order valence-electron chi connectivity index (χ2n) is 5.34. The highest BCUT2D eigenvalue weighted by Crippen LogP contribution is 2.27. The molecule has 0 unspecified atom stereocenters. The van der Waals surface area contributed by atoms with Crippen LogP contribution in [0.15, 0.2) is 11.2 Å². The molecule has 1 aromatic heterocycles. The first-order valence-corrected chi connectivity index (χ1v) is 8.21. The van der Waals surface area contributed by atoms with Gasteiger partial charge >= 0.3 is 0 Å². The van der Waals surface area contributed by atoms with Crippen LogP contribution in [-0.2, 0) is 10.0 Å². The van der Waals surface area contributed by atoms with Crippen LogP contribution in [0, 0.1) is 6.92 Å². The van der Waals surface area contributed by atoms with Crippen LogP contribution in [0.25, 0.3) is 0 Å².